The maximum atomic E-state index is 11.9. The quantitative estimate of drug-likeness (QED) is 0.852. The molecule has 2 aromatic rings. The first-order chi connectivity index (χ1) is 10.3. The molecular formula is C15H19N3O2S. The van der Waals surface area contributed by atoms with E-state index in [0.29, 0.717) is 25.3 Å². The minimum atomic E-state index is 0.190. The van der Waals surface area contributed by atoms with Gasteiger partial charge in [-0.1, -0.05) is 18.1 Å². The Morgan fingerprint density at radius 3 is 3.24 bits per heavy atom. The summed E-state index contributed by atoms with van der Waals surface area (Å²) < 4.78 is 5.39. The van der Waals surface area contributed by atoms with E-state index in [1.165, 1.54) is 4.88 Å². The molecule has 6 heteroatoms. The van der Waals surface area contributed by atoms with Gasteiger partial charge in [-0.2, -0.15) is 4.98 Å². The maximum Gasteiger partial charge on any atom is 0.231 e. The fraction of sp³-hybridized carbons (Fsp3) is 0.533. The van der Waals surface area contributed by atoms with Gasteiger partial charge in [-0.3, -0.25) is 4.79 Å². The lowest BCUT2D eigenvalue weighted by atomic mass is 10.1. The van der Waals surface area contributed by atoms with Crippen molar-refractivity contribution < 1.29 is 9.32 Å². The van der Waals surface area contributed by atoms with Gasteiger partial charge in [-0.15, -0.1) is 11.3 Å². The fourth-order valence-electron chi connectivity index (χ4n) is 2.63. The molecule has 1 aliphatic rings. The van der Waals surface area contributed by atoms with Gasteiger partial charge < -0.3 is 9.42 Å². The minimum Gasteiger partial charge on any atom is -0.342 e. The van der Waals surface area contributed by atoms with E-state index in [9.17, 15) is 4.79 Å². The van der Waals surface area contributed by atoms with Crippen LogP contribution in [0.1, 0.15) is 48.7 Å². The van der Waals surface area contributed by atoms with Gasteiger partial charge in [-0.05, 0) is 24.3 Å². The van der Waals surface area contributed by atoms with Gasteiger partial charge in [0.2, 0.25) is 11.8 Å². The highest BCUT2D eigenvalue weighted by Gasteiger charge is 2.30. The lowest BCUT2D eigenvalue weighted by Crippen LogP contribution is -2.27. The zero-order valence-corrected chi connectivity index (χ0v) is 12.9. The molecule has 0 aromatic carbocycles. The van der Waals surface area contributed by atoms with Gasteiger partial charge in [0, 0.05) is 30.8 Å². The molecule has 1 saturated heterocycles. The van der Waals surface area contributed by atoms with E-state index in [1.807, 2.05) is 23.3 Å². The molecule has 0 saturated carbocycles. The zero-order chi connectivity index (χ0) is 14.7. The summed E-state index contributed by atoms with van der Waals surface area (Å²) in [5, 5.41) is 6.11. The average Bonchev–Trinajstić information content (AvgIpc) is 3.20. The second-order valence-electron chi connectivity index (χ2n) is 5.38. The first kappa shape index (κ1) is 14.3. The van der Waals surface area contributed by atoms with Crippen molar-refractivity contribution >= 4 is 17.2 Å². The number of nitrogens with zero attached hydrogens (tertiary/aromatic N) is 3. The molecule has 1 atom stereocenters. The molecule has 1 fully saturated rings. The Balaban J connectivity index is 1.61. The number of carbonyl (C=O) groups excluding carboxylic acids is 1. The molecule has 0 radical (unpaired) electrons. The van der Waals surface area contributed by atoms with Crippen LogP contribution < -0.4 is 0 Å². The van der Waals surface area contributed by atoms with Gasteiger partial charge in [0.05, 0.1) is 5.92 Å². The Hall–Kier alpha value is -1.69. The predicted molar refractivity (Wildman–Crippen MR) is 80.3 cm³/mol. The Morgan fingerprint density at radius 2 is 2.48 bits per heavy atom. The van der Waals surface area contributed by atoms with Crippen LogP contribution >= 0.6 is 11.3 Å². The molecule has 112 valence electrons. The Labute approximate surface area is 128 Å². The maximum absolute atomic E-state index is 11.9. The molecule has 1 amide bonds. The van der Waals surface area contributed by atoms with E-state index in [0.717, 1.165) is 25.2 Å². The first-order valence-electron chi connectivity index (χ1n) is 7.39. The number of amides is 1. The smallest absolute Gasteiger partial charge is 0.231 e. The van der Waals surface area contributed by atoms with Crippen LogP contribution in [-0.4, -0.2) is 34.0 Å². The van der Waals surface area contributed by atoms with Crippen molar-refractivity contribution in [3.63, 3.8) is 0 Å². The number of rotatable bonds is 5. The lowest BCUT2D eigenvalue weighted by molar-refractivity contribution is -0.130. The van der Waals surface area contributed by atoms with Gasteiger partial charge in [0.15, 0.2) is 5.82 Å². The number of likely N-dealkylation sites (tertiary alicyclic amines) is 1. The van der Waals surface area contributed by atoms with Crippen molar-refractivity contribution in [3.05, 3.63) is 34.1 Å². The van der Waals surface area contributed by atoms with Crippen LogP contribution in [-0.2, 0) is 11.2 Å². The van der Waals surface area contributed by atoms with Crippen LogP contribution in [0.25, 0.3) is 0 Å². The summed E-state index contributed by atoms with van der Waals surface area (Å²) in [6.07, 6.45) is 3.15. The number of aromatic nitrogens is 2. The standard InChI is InChI=1S/C15H19N3O2S/c1-2-4-14(19)18-7-6-11(10-18)15-16-13(17-20-15)9-12-5-3-8-21-12/h3,5,8,11H,2,4,6-7,9-10H2,1H3/t11-/m0/s1. The largest absolute Gasteiger partial charge is 0.342 e. The summed E-state index contributed by atoms with van der Waals surface area (Å²) in [5.74, 6) is 1.83. The normalized spacial score (nSPS) is 18.3. The van der Waals surface area contributed by atoms with E-state index in [1.54, 1.807) is 11.3 Å². The Morgan fingerprint density at radius 1 is 1.57 bits per heavy atom. The summed E-state index contributed by atoms with van der Waals surface area (Å²) in [6.45, 7) is 3.53. The van der Waals surface area contributed by atoms with Crippen molar-refractivity contribution in [1.82, 2.24) is 15.0 Å². The van der Waals surface area contributed by atoms with Crippen molar-refractivity contribution in [2.75, 3.05) is 13.1 Å². The van der Waals surface area contributed by atoms with Gasteiger partial charge in [0.25, 0.3) is 0 Å². The summed E-state index contributed by atoms with van der Waals surface area (Å²) in [4.78, 5) is 19.5. The minimum absolute atomic E-state index is 0.190. The van der Waals surface area contributed by atoms with E-state index in [4.69, 9.17) is 4.52 Å². The van der Waals surface area contributed by atoms with Crippen LogP contribution in [0.15, 0.2) is 22.0 Å². The average molecular weight is 305 g/mol. The monoisotopic (exact) mass is 305 g/mol. The Kier molecular flexibility index (Phi) is 4.34. The van der Waals surface area contributed by atoms with Gasteiger partial charge >= 0.3 is 0 Å². The number of hydrogen-bond acceptors (Lipinski definition) is 5. The van der Waals surface area contributed by atoms with Crippen LogP contribution in [0.2, 0.25) is 0 Å². The molecule has 3 heterocycles. The topological polar surface area (TPSA) is 59.2 Å². The SMILES string of the molecule is CCCC(=O)N1CC[C@H](c2nc(Cc3cccs3)no2)C1. The zero-order valence-electron chi connectivity index (χ0n) is 12.1. The van der Waals surface area contributed by atoms with Crippen molar-refractivity contribution in [2.24, 2.45) is 0 Å². The van der Waals surface area contributed by atoms with Crippen molar-refractivity contribution in [3.8, 4) is 0 Å². The van der Waals surface area contributed by atoms with Gasteiger partial charge in [-0.25, -0.2) is 0 Å². The number of carbonyl (C=O) groups is 1. The van der Waals surface area contributed by atoms with Crippen LogP contribution in [0, 0.1) is 0 Å². The van der Waals surface area contributed by atoms with Crippen molar-refractivity contribution in [1.29, 1.82) is 0 Å². The van der Waals surface area contributed by atoms with Gasteiger partial charge in [0.1, 0.15) is 0 Å². The third-order valence-corrected chi connectivity index (χ3v) is 4.63. The molecule has 0 N–H and O–H groups in total. The molecule has 2 aromatic heterocycles. The highest BCUT2D eigenvalue weighted by atomic mass is 32.1. The molecule has 21 heavy (non-hydrogen) atoms. The Bertz CT molecular complexity index is 594. The molecule has 1 aliphatic heterocycles. The van der Waals surface area contributed by atoms with Crippen LogP contribution in [0.5, 0.6) is 0 Å². The second kappa shape index (κ2) is 6.39. The highest BCUT2D eigenvalue weighted by Crippen LogP contribution is 2.27. The summed E-state index contributed by atoms with van der Waals surface area (Å²) in [6, 6.07) is 4.09. The number of hydrogen-bond donors (Lipinski definition) is 0. The first-order valence-corrected chi connectivity index (χ1v) is 8.27. The predicted octanol–water partition coefficient (Wildman–Crippen LogP) is 2.84. The van der Waals surface area contributed by atoms with E-state index in [-0.39, 0.29) is 11.8 Å². The fourth-order valence-corrected chi connectivity index (χ4v) is 3.34. The number of thiophene rings is 1. The molecule has 0 bridgehead atoms. The third-order valence-electron chi connectivity index (χ3n) is 3.75. The summed E-state index contributed by atoms with van der Waals surface area (Å²) in [5.41, 5.74) is 0. The molecule has 0 unspecified atom stereocenters. The molecule has 5 nitrogen and oxygen atoms in total. The second-order valence-corrected chi connectivity index (χ2v) is 6.41. The molecular weight excluding hydrogens is 286 g/mol. The lowest BCUT2D eigenvalue weighted by Gasteiger charge is -2.14. The molecule has 3 rings (SSSR count). The molecule has 0 aliphatic carbocycles. The van der Waals surface area contributed by atoms with Crippen LogP contribution in [0.3, 0.4) is 0 Å². The summed E-state index contributed by atoms with van der Waals surface area (Å²) in [7, 11) is 0. The van der Waals surface area contributed by atoms with Crippen molar-refractivity contribution in [2.45, 2.75) is 38.5 Å². The van der Waals surface area contributed by atoms with E-state index >= 15 is 0 Å². The highest BCUT2D eigenvalue weighted by molar-refractivity contribution is 7.09. The van der Waals surface area contributed by atoms with E-state index < -0.39 is 0 Å². The van der Waals surface area contributed by atoms with Crippen LogP contribution in [0.4, 0.5) is 0 Å². The summed E-state index contributed by atoms with van der Waals surface area (Å²) >= 11 is 1.69. The third kappa shape index (κ3) is 3.32. The molecule has 0 spiro atoms. The van der Waals surface area contributed by atoms with E-state index in [2.05, 4.69) is 16.2 Å².